The maximum absolute atomic E-state index is 13.5. The molecule has 40 heavy (non-hydrogen) atoms. The number of carbonyl (C=O) groups excluding carboxylic acids is 4. The Balaban J connectivity index is 1.31. The van der Waals surface area contributed by atoms with Gasteiger partial charge in [0.2, 0.25) is 0 Å². The van der Waals surface area contributed by atoms with E-state index in [-0.39, 0.29) is 28.5 Å². The van der Waals surface area contributed by atoms with Crippen LogP contribution >= 0.6 is 0 Å². The van der Waals surface area contributed by atoms with Gasteiger partial charge in [-0.15, -0.1) is 0 Å². The molecule has 0 fully saturated rings. The van der Waals surface area contributed by atoms with Crippen LogP contribution in [0.4, 0.5) is 11.4 Å². The zero-order chi connectivity index (χ0) is 28.3. The number of aryl methyl sites for hydroxylation is 2. The quantitative estimate of drug-likeness (QED) is 0.292. The first-order chi connectivity index (χ1) is 19.1. The fraction of sp³-hybridized carbons (Fsp3) is 0.125. The van der Waals surface area contributed by atoms with Gasteiger partial charge in [0.05, 0.1) is 34.0 Å². The molecule has 0 bridgehead atoms. The molecule has 0 saturated carbocycles. The molecule has 8 heteroatoms. The van der Waals surface area contributed by atoms with Gasteiger partial charge >= 0.3 is 0 Å². The normalized spacial score (nSPS) is 14.7. The number of aromatic hydroxyl groups is 1. The first kappa shape index (κ1) is 25.1. The fourth-order valence-corrected chi connectivity index (χ4v) is 5.32. The monoisotopic (exact) mass is 531 g/mol. The van der Waals surface area contributed by atoms with Gasteiger partial charge in [-0.3, -0.25) is 24.5 Å². The number of benzene rings is 4. The van der Waals surface area contributed by atoms with Gasteiger partial charge in [0.1, 0.15) is 5.75 Å². The number of phenols is 1. The van der Waals surface area contributed by atoms with Crippen molar-refractivity contribution in [1.29, 1.82) is 0 Å². The molecule has 2 heterocycles. The van der Waals surface area contributed by atoms with Crippen LogP contribution in [0.3, 0.4) is 0 Å². The number of hydrogen-bond donors (Lipinski definition) is 3. The van der Waals surface area contributed by atoms with E-state index in [0.717, 1.165) is 21.7 Å². The van der Waals surface area contributed by atoms with E-state index in [1.807, 2.05) is 32.9 Å². The Morgan fingerprint density at radius 1 is 0.725 bits per heavy atom. The zero-order valence-corrected chi connectivity index (χ0v) is 22.0. The first-order valence-electron chi connectivity index (χ1n) is 12.8. The van der Waals surface area contributed by atoms with Gasteiger partial charge in [-0.25, -0.2) is 4.90 Å². The molecule has 2 aliphatic rings. The second kappa shape index (κ2) is 9.20. The van der Waals surface area contributed by atoms with E-state index < -0.39 is 23.6 Å². The van der Waals surface area contributed by atoms with Crippen molar-refractivity contribution >= 4 is 35.0 Å². The lowest BCUT2D eigenvalue weighted by Crippen LogP contribution is -2.29. The molecule has 2 aliphatic heterocycles. The van der Waals surface area contributed by atoms with Gasteiger partial charge in [0, 0.05) is 11.3 Å². The van der Waals surface area contributed by atoms with Crippen molar-refractivity contribution in [2.24, 2.45) is 0 Å². The molecule has 0 radical (unpaired) electrons. The van der Waals surface area contributed by atoms with Crippen LogP contribution in [0.1, 0.15) is 71.1 Å². The number of hydrogen-bond acceptors (Lipinski definition) is 6. The molecule has 0 aromatic heterocycles. The maximum atomic E-state index is 13.5. The summed E-state index contributed by atoms with van der Waals surface area (Å²) in [7, 11) is 0. The maximum Gasteiger partial charge on any atom is 0.266 e. The molecule has 1 atom stereocenters. The lowest BCUT2D eigenvalue weighted by molar-refractivity contribution is 0.0874. The van der Waals surface area contributed by atoms with Crippen molar-refractivity contribution in [1.82, 2.24) is 5.32 Å². The number of nitrogens with one attached hydrogen (secondary N) is 2. The summed E-state index contributed by atoms with van der Waals surface area (Å²) in [5.74, 6) is -1.81. The van der Waals surface area contributed by atoms with Gasteiger partial charge < -0.3 is 10.4 Å². The van der Waals surface area contributed by atoms with E-state index in [2.05, 4.69) is 16.7 Å². The van der Waals surface area contributed by atoms with E-state index in [4.69, 9.17) is 0 Å². The summed E-state index contributed by atoms with van der Waals surface area (Å²) < 4.78 is 0. The Morgan fingerprint density at radius 2 is 1.38 bits per heavy atom. The molecule has 4 aromatic carbocycles. The topological polar surface area (TPSA) is 116 Å². The molecule has 0 spiro atoms. The van der Waals surface area contributed by atoms with Crippen molar-refractivity contribution in [3.63, 3.8) is 0 Å². The number of rotatable bonds is 5. The van der Waals surface area contributed by atoms with Crippen LogP contribution in [0.2, 0.25) is 0 Å². The highest BCUT2D eigenvalue weighted by atomic mass is 16.3. The third-order valence-corrected chi connectivity index (χ3v) is 7.45. The number of fused-ring (bicyclic) bond motifs is 2. The third kappa shape index (κ3) is 4.01. The highest BCUT2D eigenvalue weighted by Gasteiger charge is 2.37. The summed E-state index contributed by atoms with van der Waals surface area (Å²) in [5.41, 5.74) is 6.37. The van der Waals surface area contributed by atoms with Crippen LogP contribution in [-0.2, 0) is 0 Å². The SMILES string of the molecule is Cc1ccc(NC(C)c2cc(N3C(=O)c4ccc(-c5ccc6c(c5)C(=O)NC6=O)cc4C3=O)ccc2O)c(C)c1. The first-order valence-corrected chi connectivity index (χ1v) is 12.8. The third-order valence-electron chi connectivity index (χ3n) is 7.45. The summed E-state index contributed by atoms with van der Waals surface area (Å²) in [6, 6.07) is 20.2. The lowest BCUT2D eigenvalue weighted by Gasteiger charge is -2.21. The Morgan fingerprint density at radius 3 is 2.10 bits per heavy atom. The summed E-state index contributed by atoms with van der Waals surface area (Å²) in [6.45, 7) is 5.92. The van der Waals surface area contributed by atoms with E-state index in [9.17, 15) is 24.3 Å². The van der Waals surface area contributed by atoms with Crippen LogP contribution < -0.4 is 15.5 Å². The second-order valence-electron chi connectivity index (χ2n) is 10.2. The van der Waals surface area contributed by atoms with Crippen molar-refractivity contribution < 1.29 is 24.3 Å². The van der Waals surface area contributed by atoms with Crippen LogP contribution in [0.15, 0.2) is 72.8 Å². The lowest BCUT2D eigenvalue weighted by atomic mass is 9.97. The highest BCUT2D eigenvalue weighted by molar-refractivity contribution is 6.34. The van der Waals surface area contributed by atoms with Crippen LogP contribution in [0.25, 0.3) is 11.1 Å². The number of carbonyl (C=O) groups is 4. The van der Waals surface area contributed by atoms with E-state index in [1.54, 1.807) is 48.5 Å². The summed E-state index contributed by atoms with van der Waals surface area (Å²) >= 11 is 0. The summed E-state index contributed by atoms with van der Waals surface area (Å²) in [5, 5.41) is 16.3. The molecule has 4 aromatic rings. The molecule has 0 aliphatic carbocycles. The molecular formula is C32H25N3O5. The summed E-state index contributed by atoms with van der Waals surface area (Å²) in [4.78, 5) is 52.0. The Kier molecular flexibility index (Phi) is 5.76. The van der Waals surface area contributed by atoms with Gasteiger partial charge in [-0.05, 0) is 86.0 Å². The molecule has 198 valence electrons. The number of imide groups is 2. The zero-order valence-electron chi connectivity index (χ0n) is 22.0. The summed E-state index contributed by atoms with van der Waals surface area (Å²) in [6.07, 6.45) is 0. The highest BCUT2D eigenvalue weighted by Crippen LogP contribution is 2.36. The van der Waals surface area contributed by atoms with Crippen molar-refractivity contribution in [3.05, 3.63) is 112 Å². The minimum Gasteiger partial charge on any atom is -0.508 e. The smallest absolute Gasteiger partial charge is 0.266 e. The molecule has 1 unspecified atom stereocenters. The average Bonchev–Trinajstić information content (AvgIpc) is 3.36. The van der Waals surface area contributed by atoms with Gasteiger partial charge in [-0.2, -0.15) is 0 Å². The largest absolute Gasteiger partial charge is 0.508 e. The Hall–Kier alpha value is -5.24. The Labute approximate surface area is 230 Å². The van der Waals surface area contributed by atoms with E-state index >= 15 is 0 Å². The molecule has 8 nitrogen and oxygen atoms in total. The van der Waals surface area contributed by atoms with E-state index in [0.29, 0.717) is 27.9 Å². The van der Waals surface area contributed by atoms with Crippen LogP contribution in [-0.4, -0.2) is 28.7 Å². The molecule has 4 amide bonds. The predicted octanol–water partition coefficient (Wildman–Crippen LogP) is 5.53. The van der Waals surface area contributed by atoms with Gasteiger partial charge in [0.15, 0.2) is 0 Å². The second-order valence-corrected chi connectivity index (χ2v) is 10.2. The molecule has 3 N–H and O–H groups in total. The fourth-order valence-electron chi connectivity index (χ4n) is 5.32. The average molecular weight is 532 g/mol. The van der Waals surface area contributed by atoms with Gasteiger partial charge in [0.25, 0.3) is 23.6 Å². The Bertz CT molecular complexity index is 1790. The van der Waals surface area contributed by atoms with Gasteiger partial charge in [-0.1, -0.05) is 29.8 Å². The van der Waals surface area contributed by atoms with Crippen LogP contribution in [0, 0.1) is 13.8 Å². The minimum atomic E-state index is -0.484. The van der Waals surface area contributed by atoms with Crippen molar-refractivity contribution in [2.45, 2.75) is 26.8 Å². The number of anilines is 2. The molecular weight excluding hydrogens is 506 g/mol. The van der Waals surface area contributed by atoms with Crippen LogP contribution in [0.5, 0.6) is 5.75 Å². The minimum absolute atomic E-state index is 0.0477. The number of nitrogens with zero attached hydrogens (tertiary/aromatic N) is 1. The van der Waals surface area contributed by atoms with Crippen molar-refractivity contribution in [2.75, 3.05) is 10.2 Å². The predicted molar refractivity (Wildman–Crippen MR) is 151 cm³/mol. The standard InChI is InChI=1S/C32H25N3O5/c1-16-4-10-27(17(2)12-16)33-18(3)24-15-21(7-11-28(24)36)35-31(39)23-9-6-20(14-26(23)32(35)40)19-5-8-22-25(13-19)30(38)34-29(22)37/h4-15,18,33,36H,1-3H3,(H,34,37,38). The van der Waals surface area contributed by atoms with Crippen molar-refractivity contribution in [3.8, 4) is 16.9 Å². The molecule has 6 rings (SSSR count). The number of amides is 4. The molecule has 0 saturated heterocycles. The number of phenolic OH excluding ortho intramolecular Hbond substituents is 1. The van der Waals surface area contributed by atoms with E-state index in [1.165, 1.54) is 6.07 Å².